The van der Waals surface area contributed by atoms with Crippen molar-refractivity contribution < 1.29 is 0 Å². The van der Waals surface area contributed by atoms with Crippen LogP contribution in [0.25, 0.3) is 0 Å². The molecule has 3 nitrogen and oxygen atoms in total. The van der Waals surface area contributed by atoms with Crippen molar-refractivity contribution in [3.8, 4) is 0 Å². The molecule has 94 valence electrons. The number of aromatic nitrogens is 2. The Morgan fingerprint density at radius 3 is 2.65 bits per heavy atom. The molecule has 1 aromatic rings. The lowest BCUT2D eigenvalue weighted by Crippen LogP contribution is -2.31. The first-order valence-electron chi connectivity index (χ1n) is 6.80. The second-order valence-corrected chi connectivity index (χ2v) is 5.19. The van der Waals surface area contributed by atoms with Crippen molar-refractivity contribution in [3.63, 3.8) is 0 Å². The molecule has 1 aliphatic carbocycles. The molecule has 1 fully saturated rings. The molecule has 1 heterocycles. The Balaban J connectivity index is 2.07. The molecule has 1 N–H and O–H groups in total. The van der Waals surface area contributed by atoms with E-state index in [0.29, 0.717) is 6.04 Å². The number of nitrogens with zero attached hydrogens (tertiary/aromatic N) is 2. The molecule has 0 aromatic carbocycles. The summed E-state index contributed by atoms with van der Waals surface area (Å²) in [5.74, 6) is 1.62. The first-order valence-corrected chi connectivity index (χ1v) is 6.80. The maximum atomic E-state index is 4.47. The highest BCUT2D eigenvalue weighted by atomic mass is 15.0. The van der Waals surface area contributed by atoms with E-state index >= 15 is 0 Å². The first-order chi connectivity index (χ1) is 8.31. The zero-order chi connectivity index (χ0) is 12.1. The van der Waals surface area contributed by atoms with E-state index in [0.717, 1.165) is 24.1 Å². The molecule has 1 aliphatic rings. The van der Waals surface area contributed by atoms with Gasteiger partial charge < -0.3 is 5.32 Å². The zero-order valence-electron chi connectivity index (χ0n) is 10.9. The van der Waals surface area contributed by atoms with Crippen molar-refractivity contribution in [2.45, 2.75) is 45.6 Å². The number of nitrogens with one attached hydrogen (secondary N) is 1. The summed E-state index contributed by atoms with van der Waals surface area (Å²) >= 11 is 0. The van der Waals surface area contributed by atoms with Crippen molar-refractivity contribution in [1.82, 2.24) is 15.3 Å². The summed E-state index contributed by atoms with van der Waals surface area (Å²) in [5.41, 5.74) is 1.11. The number of hydrogen-bond donors (Lipinski definition) is 1. The lowest BCUT2D eigenvalue weighted by molar-refractivity contribution is 0.230. The van der Waals surface area contributed by atoms with Crippen LogP contribution in [0.3, 0.4) is 0 Å². The summed E-state index contributed by atoms with van der Waals surface area (Å²) in [6, 6.07) is 0.390. The SMILES string of the molecule is CCNC(c1cnccn1)C1CCC(C)CC1. The average Bonchev–Trinajstić information content (AvgIpc) is 2.38. The van der Waals surface area contributed by atoms with Crippen molar-refractivity contribution >= 4 is 0 Å². The van der Waals surface area contributed by atoms with Crippen LogP contribution in [0.15, 0.2) is 18.6 Å². The summed E-state index contributed by atoms with van der Waals surface area (Å²) in [4.78, 5) is 8.66. The minimum Gasteiger partial charge on any atom is -0.309 e. The molecule has 3 heteroatoms. The van der Waals surface area contributed by atoms with Crippen molar-refractivity contribution in [2.24, 2.45) is 11.8 Å². The molecule has 1 atom stereocenters. The van der Waals surface area contributed by atoms with E-state index in [2.05, 4.69) is 29.1 Å². The lowest BCUT2D eigenvalue weighted by atomic mass is 9.78. The fraction of sp³-hybridized carbons (Fsp3) is 0.714. The largest absolute Gasteiger partial charge is 0.309 e. The monoisotopic (exact) mass is 233 g/mol. The first kappa shape index (κ1) is 12.5. The number of rotatable bonds is 4. The summed E-state index contributed by atoms with van der Waals surface area (Å²) in [6.45, 7) is 5.52. The van der Waals surface area contributed by atoms with Gasteiger partial charge in [-0.05, 0) is 31.2 Å². The van der Waals surface area contributed by atoms with Gasteiger partial charge in [0.1, 0.15) is 0 Å². The van der Waals surface area contributed by atoms with Crippen LogP contribution in [-0.4, -0.2) is 16.5 Å². The van der Waals surface area contributed by atoms with Crippen LogP contribution in [0.4, 0.5) is 0 Å². The van der Waals surface area contributed by atoms with Gasteiger partial charge in [-0.25, -0.2) is 0 Å². The van der Waals surface area contributed by atoms with Gasteiger partial charge in [-0.15, -0.1) is 0 Å². The summed E-state index contributed by atoms with van der Waals surface area (Å²) < 4.78 is 0. The van der Waals surface area contributed by atoms with Gasteiger partial charge in [0.15, 0.2) is 0 Å². The molecule has 0 aliphatic heterocycles. The smallest absolute Gasteiger partial charge is 0.0758 e. The quantitative estimate of drug-likeness (QED) is 0.869. The Labute approximate surface area is 104 Å². The van der Waals surface area contributed by atoms with Crippen molar-refractivity contribution in [1.29, 1.82) is 0 Å². The lowest BCUT2D eigenvalue weighted by Gasteiger charge is -2.32. The third-order valence-corrected chi connectivity index (χ3v) is 3.86. The molecule has 2 rings (SSSR count). The predicted molar refractivity (Wildman–Crippen MR) is 69.6 cm³/mol. The topological polar surface area (TPSA) is 37.8 Å². The van der Waals surface area contributed by atoms with Crippen LogP contribution in [0.2, 0.25) is 0 Å². The Kier molecular flexibility index (Phi) is 4.49. The fourth-order valence-electron chi connectivity index (χ4n) is 2.82. The average molecular weight is 233 g/mol. The molecule has 17 heavy (non-hydrogen) atoms. The van der Waals surface area contributed by atoms with E-state index in [4.69, 9.17) is 0 Å². The standard InChI is InChI=1S/C14H23N3/c1-3-16-14(13-10-15-8-9-17-13)12-6-4-11(2)5-7-12/h8-12,14,16H,3-7H2,1-2H3. The van der Waals surface area contributed by atoms with Gasteiger partial charge in [0.25, 0.3) is 0 Å². The fourth-order valence-corrected chi connectivity index (χ4v) is 2.82. The molecule has 1 aromatic heterocycles. The maximum absolute atomic E-state index is 4.47. The molecule has 0 amide bonds. The molecule has 1 unspecified atom stereocenters. The van der Waals surface area contributed by atoms with E-state index in [1.165, 1.54) is 25.7 Å². The second kappa shape index (κ2) is 6.10. The van der Waals surface area contributed by atoms with Crippen molar-refractivity contribution in [3.05, 3.63) is 24.3 Å². The normalized spacial score (nSPS) is 26.7. The predicted octanol–water partition coefficient (Wildman–Crippen LogP) is 2.95. The highest BCUT2D eigenvalue weighted by Crippen LogP contribution is 2.35. The van der Waals surface area contributed by atoms with E-state index in [-0.39, 0.29) is 0 Å². The van der Waals surface area contributed by atoms with Gasteiger partial charge in [0.2, 0.25) is 0 Å². The molecule has 0 radical (unpaired) electrons. The van der Waals surface area contributed by atoms with Gasteiger partial charge in [0.05, 0.1) is 11.7 Å². The van der Waals surface area contributed by atoms with Gasteiger partial charge >= 0.3 is 0 Å². The Bertz CT molecular complexity index is 317. The summed E-state index contributed by atoms with van der Waals surface area (Å²) in [6.07, 6.45) is 10.8. The zero-order valence-corrected chi connectivity index (χ0v) is 10.9. The molecular formula is C14H23N3. The maximum Gasteiger partial charge on any atom is 0.0758 e. The number of hydrogen-bond acceptors (Lipinski definition) is 3. The Hall–Kier alpha value is -0.960. The van der Waals surface area contributed by atoms with E-state index in [9.17, 15) is 0 Å². The molecule has 0 spiro atoms. The molecule has 1 saturated carbocycles. The van der Waals surface area contributed by atoms with Crippen LogP contribution in [-0.2, 0) is 0 Å². The minimum absolute atomic E-state index is 0.390. The Morgan fingerprint density at radius 1 is 1.29 bits per heavy atom. The van der Waals surface area contributed by atoms with Crippen LogP contribution in [0, 0.1) is 11.8 Å². The molecule has 0 bridgehead atoms. The van der Waals surface area contributed by atoms with Gasteiger partial charge in [-0.1, -0.05) is 26.7 Å². The summed E-state index contributed by atoms with van der Waals surface area (Å²) in [5, 5.41) is 3.58. The minimum atomic E-state index is 0.390. The molecule has 0 saturated heterocycles. The third kappa shape index (κ3) is 3.25. The highest BCUT2D eigenvalue weighted by Gasteiger charge is 2.27. The van der Waals surface area contributed by atoms with E-state index in [1.807, 2.05) is 6.20 Å². The molecular weight excluding hydrogens is 210 g/mol. The van der Waals surface area contributed by atoms with Gasteiger partial charge in [-0.3, -0.25) is 9.97 Å². The highest BCUT2D eigenvalue weighted by molar-refractivity contribution is 5.04. The van der Waals surface area contributed by atoms with Crippen LogP contribution in [0.1, 0.15) is 51.3 Å². The van der Waals surface area contributed by atoms with Crippen LogP contribution >= 0.6 is 0 Å². The van der Waals surface area contributed by atoms with Gasteiger partial charge in [-0.2, -0.15) is 0 Å². The van der Waals surface area contributed by atoms with Gasteiger partial charge in [0, 0.05) is 18.6 Å². The summed E-state index contributed by atoms with van der Waals surface area (Å²) in [7, 11) is 0. The Morgan fingerprint density at radius 2 is 2.06 bits per heavy atom. The second-order valence-electron chi connectivity index (χ2n) is 5.19. The van der Waals surface area contributed by atoms with Crippen LogP contribution < -0.4 is 5.32 Å². The van der Waals surface area contributed by atoms with Crippen LogP contribution in [0.5, 0.6) is 0 Å². The van der Waals surface area contributed by atoms with E-state index < -0.39 is 0 Å². The van der Waals surface area contributed by atoms with E-state index in [1.54, 1.807) is 12.4 Å². The van der Waals surface area contributed by atoms with Crippen molar-refractivity contribution in [2.75, 3.05) is 6.54 Å². The third-order valence-electron chi connectivity index (χ3n) is 3.86.